The van der Waals surface area contributed by atoms with E-state index < -0.39 is 6.43 Å². The number of hydrogen-bond acceptors (Lipinski definition) is 6. The van der Waals surface area contributed by atoms with Crippen LogP contribution < -0.4 is 5.73 Å². The van der Waals surface area contributed by atoms with Gasteiger partial charge in [-0.05, 0) is 0 Å². The molecule has 0 unspecified atom stereocenters. The van der Waals surface area contributed by atoms with Gasteiger partial charge >= 0.3 is 0 Å². The SMILES string of the molecule is NCc1nc(CN2CCN(CC(F)F)CC2)no1. The zero-order valence-corrected chi connectivity index (χ0v) is 10.1. The van der Waals surface area contributed by atoms with Crippen LogP contribution in [0.15, 0.2) is 4.52 Å². The molecule has 0 amide bonds. The Morgan fingerprint density at radius 2 is 1.89 bits per heavy atom. The molecule has 102 valence electrons. The first-order valence-electron chi connectivity index (χ1n) is 5.91. The van der Waals surface area contributed by atoms with Gasteiger partial charge in [0.15, 0.2) is 5.82 Å². The summed E-state index contributed by atoms with van der Waals surface area (Å²) in [5.41, 5.74) is 5.37. The predicted molar refractivity (Wildman–Crippen MR) is 59.9 cm³/mol. The minimum atomic E-state index is -2.26. The smallest absolute Gasteiger partial charge is 0.251 e. The maximum absolute atomic E-state index is 12.2. The number of nitrogens with two attached hydrogens (primary N) is 1. The molecule has 0 saturated carbocycles. The van der Waals surface area contributed by atoms with Crippen LogP contribution in [0.1, 0.15) is 11.7 Å². The van der Waals surface area contributed by atoms with Crippen LogP contribution in [0.2, 0.25) is 0 Å². The van der Waals surface area contributed by atoms with Gasteiger partial charge in [-0.15, -0.1) is 0 Å². The van der Waals surface area contributed by atoms with E-state index >= 15 is 0 Å². The summed E-state index contributed by atoms with van der Waals surface area (Å²) in [5, 5.41) is 3.81. The van der Waals surface area contributed by atoms with Crippen molar-refractivity contribution in [3.05, 3.63) is 11.7 Å². The molecule has 18 heavy (non-hydrogen) atoms. The zero-order valence-electron chi connectivity index (χ0n) is 10.1. The van der Waals surface area contributed by atoms with Crippen molar-refractivity contribution >= 4 is 0 Å². The van der Waals surface area contributed by atoms with Gasteiger partial charge in [-0.2, -0.15) is 4.98 Å². The Morgan fingerprint density at radius 3 is 2.44 bits per heavy atom. The lowest BCUT2D eigenvalue weighted by Gasteiger charge is -2.33. The van der Waals surface area contributed by atoms with Gasteiger partial charge in [0.1, 0.15) is 0 Å². The molecule has 1 aromatic heterocycles. The van der Waals surface area contributed by atoms with E-state index in [9.17, 15) is 8.78 Å². The maximum Gasteiger partial charge on any atom is 0.251 e. The second-order valence-corrected chi connectivity index (χ2v) is 4.28. The first-order valence-corrected chi connectivity index (χ1v) is 5.91. The number of piperazine rings is 1. The molecule has 0 aromatic carbocycles. The van der Waals surface area contributed by atoms with E-state index in [0.29, 0.717) is 31.3 Å². The van der Waals surface area contributed by atoms with Gasteiger partial charge in [-0.25, -0.2) is 8.78 Å². The molecule has 1 aliphatic rings. The van der Waals surface area contributed by atoms with Crippen LogP contribution in [0.25, 0.3) is 0 Å². The van der Waals surface area contributed by atoms with Gasteiger partial charge in [-0.3, -0.25) is 9.80 Å². The number of nitrogens with zero attached hydrogens (tertiary/aromatic N) is 4. The highest BCUT2D eigenvalue weighted by Crippen LogP contribution is 2.08. The van der Waals surface area contributed by atoms with Gasteiger partial charge in [0.25, 0.3) is 6.43 Å². The second-order valence-electron chi connectivity index (χ2n) is 4.28. The molecule has 0 radical (unpaired) electrons. The third-order valence-electron chi connectivity index (χ3n) is 2.91. The van der Waals surface area contributed by atoms with Gasteiger partial charge in [-0.1, -0.05) is 5.16 Å². The summed E-state index contributed by atoms with van der Waals surface area (Å²) < 4.78 is 29.3. The molecule has 8 heteroatoms. The monoisotopic (exact) mass is 261 g/mol. The zero-order chi connectivity index (χ0) is 13.0. The quantitative estimate of drug-likeness (QED) is 0.799. The predicted octanol–water partition coefficient (Wildman–Crippen LogP) is -0.0890. The average molecular weight is 261 g/mol. The molecular weight excluding hydrogens is 244 g/mol. The van der Waals surface area contributed by atoms with Crippen LogP contribution in [-0.4, -0.2) is 59.1 Å². The molecule has 0 spiro atoms. The minimum Gasteiger partial charge on any atom is -0.338 e. The standard InChI is InChI=1S/C10H17F2N5O/c11-8(12)6-16-1-3-17(4-2-16)7-9-14-10(5-13)18-15-9/h8H,1-7,13H2. The van der Waals surface area contributed by atoms with E-state index in [2.05, 4.69) is 15.0 Å². The Hall–Kier alpha value is -1.12. The third kappa shape index (κ3) is 3.69. The van der Waals surface area contributed by atoms with E-state index in [0.717, 1.165) is 13.1 Å². The van der Waals surface area contributed by atoms with Crippen molar-refractivity contribution in [2.75, 3.05) is 32.7 Å². The normalized spacial score (nSPS) is 18.7. The second kappa shape index (κ2) is 6.17. The topological polar surface area (TPSA) is 71.4 Å². The Balaban J connectivity index is 1.76. The van der Waals surface area contributed by atoms with E-state index in [4.69, 9.17) is 10.3 Å². The van der Waals surface area contributed by atoms with Crippen molar-refractivity contribution in [2.45, 2.75) is 19.5 Å². The molecule has 0 bridgehead atoms. The molecule has 6 nitrogen and oxygen atoms in total. The molecule has 1 saturated heterocycles. The lowest BCUT2D eigenvalue weighted by molar-refractivity contribution is 0.0535. The molecule has 2 heterocycles. The van der Waals surface area contributed by atoms with Crippen LogP contribution in [0.3, 0.4) is 0 Å². The molecule has 2 rings (SSSR count). The highest BCUT2D eigenvalue weighted by molar-refractivity contribution is 4.87. The van der Waals surface area contributed by atoms with E-state index in [1.165, 1.54) is 0 Å². The Bertz CT molecular complexity index is 365. The molecule has 1 aliphatic heterocycles. The minimum absolute atomic E-state index is 0.145. The largest absolute Gasteiger partial charge is 0.338 e. The number of aromatic nitrogens is 2. The summed E-state index contributed by atoms with van der Waals surface area (Å²) in [5.74, 6) is 1.01. The Kier molecular flexibility index (Phi) is 4.56. The lowest BCUT2D eigenvalue weighted by atomic mass is 10.3. The molecule has 1 fully saturated rings. The molecular formula is C10H17F2N5O. The summed E-state index contributed by atoms with van der Waals surface area (Å²) >= 11 is 0. The van der Waals surface area contributed by atoms with Crippen LogP contribution >= 0.6 is 0 Å². The fourth-order valence-electron chi connectivity index (χ4n) is 1.96. The van der Waals surface area contributed by atoms with Crippen molar-refractivity contribution < 1.29 is 13.3 Å². The summed E-state index contributed by atoms with van der Waals surface area (Å²) in [6, 6.07) is 0. The average Bonchev–Trinajstić information content (AvgIpc) is 2.79. The third-order valence-corrected chi connectivity index (χ3v) is 2.91. The first kappa shape index (κ1) is 13.3. The first-order chi connectivity index (χ1) is 8.67. The van der Waals surface area contributed by atoms with Gasteiger partial charge in [0.05, 0.1) is 19.6 Å². The van der Waals surface area contributed by atoms with Gasteiger partial charge in [0.2, 0.25) is 5.89 Å². The number of halogens is 2. The number of rotatable bonds is 5. The van der Waals surface area contributed by atoms with Crippen LogP contribution in [0, 0.1) is 0 Å². The van der Waals surface area contributed by atoms with Gasteiger partial charge < -0.3 is 10.3 Å². The highest BCUT2D eigenvalue weighted by Gasteiger charge is 2.20. The highest BCUT2D eigenvalue weighted by atomic mass is 19.3. The fourth-order valence-corrected chi connectivity index (χ4v) is 1.96. The molecule has 2 N–H and O–H groups in total. The van der Waals surface area contributed by atoms with Crippen molar-refractivity contribution in [1.82, 2.24) is 19.9 Å². The Morgan fingerprint density at radius 1 is 1.22 bits per heavy atom. The molecule has 1 aromatic rings. The summed E-state index contributed by atoms with van der Waals surface area (Å²) in [6.07, 6.45) is -2.26. The van der Waals surface area contributed by atoms with Crippen molar-refractivity contribution in [3.8, 4) is 0 Å². The van der Waals surface area contributed by atoms with Crippen molar-refractivity contribution in [2.24, 2.45) is 5.73 Å². The van der Waals surface area contributed by atoms with Crippen LogP contribution in [0.4, 0.5) is 8.78 Å². The van der Waals surface area contributed by atoms with Gasteiger partial charge in [0, 0.05) is 26.2 Å². The number of alkyl halides is 2. The molecule has 0 atom stereocenters. The van der Waals surface area contributed by atoms with E-state index in [1.807, 2.05) is 0 Å². The maximum atomic E-state index is 12.2. The van der Waals surface area contributed by atoms with Crippen LogP contribution in [0.5, 0.6) is 0 Å². The van der Waals surface area contributed by atoms with E-state index in [1.54, 1.807) is 4.90 Å². The molecule has 0 aliphatic carbocycles. The summed E-state index contributed by atoms with van der Waals surface area (Å²) in [6.45, 7) is 3.42. The Labute approximate surface area is 104 Å². The van der Waals surface area contributed by atoms with Crippen LogP contribution in [-0.2, 0) is 13.1 Å². The fraction of sp³-hybridized carbons (Fsp3) is 0.800. The summed E-state index contributed by atoms with van der Waals surface area (Å²) in [4.78, 5) is 8.00. The summed E-state index contributed by atoms with van der Waals surface area (Å²) in [7, 11) is 0. The van der Waals surface area contributed by atoms with Crippen molar-refractivity contribution in [1.29, 1.82) is 0 Å². The van der Waals surface area contributed by atoms with E-state index in [-0.39, 0.29) is 13.1 Å². The lowest BCUT2D eigenvalue weighted by Crippen LogP contribution is -2.47. The number of hydrogen-bond donors (Lipinski definition) is 1. The van der Waals surface area contributed by atoms with Crippen molar-refractivity contribution in [3.63, 3.8) is 0 Å².